The third-order valence-electron chi connectivity index (χ3n) is 6.90. The Hall–Kier alpha value is -4.66. The highest BCUT2D eigenvalue weighted by Crippen LogP contribution is 2.51. The molecule has 3 aromatic carbocycles. The highest BCUT2D eigenvalue weighted by molar-refractivity contribution is 6.15. The summed E-state index contributed by atoms with van der Waals surface area (Å²) in [6, 6.07) is 12.4. The van der Waals surface area contributed by atoms with E-state index in [-0.39, 0.29) is 23.9 Å². The lowest BCUT2D eigenvalue weighted by molar-refractivity contribution is -0.135. The zero-order chi connectivity index (χ0) is 25.8. The van der Waals surface area contributed by atoms with E-state index in [0.29, 0.717) is 77.8 Å². The van der Waals surface area contributed by atoms with Gasteiger partial charge in [0.15, 0.2) is 28.8 Å². The Balaban J connectivity index is 1.30. The Bertz CT molecular complexity index is 1520. The summed E-state index contributed by atoms with van der Waals surface area (Å²) in [6.07, 6.45) is 1.73. The number of rotatable bonds is 3. The fourth-order valence-corrected chi connectivity index (χ4v) is 5.19. The van der Waals surface area contributed by atoms with Crippen molar-refractivity contribution in [2.45, 2.75) is 12.3 Å². The molecule has 0 radical (unpaired) electrons. The predicted molar refractivity (Wildman–Crippen MR) is 133 cm³/mol. The molecule has 0 bridgehead atoms. The van der Waals surface area contributed by atoms with Crippen LogP contribution >= 0.6 is 0 Å². The van der Waals surface area contributed by atoms with E-state index in [1.807, 2.05) is 24.3 Å². The van der Waals surface area contributed by atoms with E-state index < -0.39 is 5.92 Å². The maximum absolute atomic E-state index is 13.4. The van der Waals surface area contributed by atoms with E-state index in [1.54, 1.807) is 31.4 Å². The zero-order valence-electron chi connectivity index (χ0n) is 20.4. The highest BCUT2D eigenvalue weighted by atomic mass is 16.6. The number of esters is 1. The molecule has 192 valence electrons. The molecule has 0 spiro atoms. The van der Waals surface area contributed by atoms with Crippen LogP contribution in [0.5, 0.6) is 40.2 Å². The molecule has 0 saturated heterocycles. The summed E-state index contributed by atoms with van der Waals surface area (Å²) >= 11 is 0. The molecule has 7 rings (SSSR count). The number of carbonyl (C=O) groups is 2. The minimum Gasteiger partial charge on any atom is -0.493 e. The molecule has 1 unspecified atom stereocenters. The van der Waals surface area contributed by atoms with Gasteiger partial charge >= 0.3 is 5.97 Å². The molecule has 4 aliphatic heterocycles. The number of hydrogen-bond donors (Lipinski definition) is 0. The minimum atomic E-state index is -0.452. The van der Waals surface area contributed by atoms with Gasteiger partial charge in [0.05, 0.1) is 19.1 Å². The van der Waals surface area contributed by atoms with E-state index in [2.05, 4.69) is 0 Å². The maximum Gasteiger partial charge on any atom is 0.312 e. The first-order valence-corrected chi connectivity index (χ1v) is 12.3. The summed E-state index contributed by atoms with van der Waals surface area (Å²) in [5, 5.41) is 0. The van der Waals surface area contributed by atoms with Crippen LogP contribution in [0.1, 0.15) is 39.4 Å². The van der Waals surface area contributed by atoms with Gasteiger partial charge in [-0.25, -0.2) is 0 Å². The van der Waals surface area contributed by atoms with Gasteiger partial charge in [-0.3, -0.25) is 9.59 Å². The van der Waals surface area contributed by atoms with Crippen LogP contribution in [0.25, 0.3) is 6.08 Å². The molecule has 0 aromatic heterocycles. The fraction of sp³-hybridized carbons (Fsp3) is 0.241. The van der Waals surface area contributed by atoms with Crippen LogP contribution in [0.4, 0.5) is 0 Å². The average Bonchev–Trinajstić information content (AvgIpc) is 3.26. The number of fused-ring (bicyclic) bond motifs is 5. The van der Waals surface area contributed by atoms with Crippen LogP contribution in [0, 0.1) is 0 Å². The number of benzene rings is 3. The first kappa shape index (κ1) is 22.5. The molecule has 38 heavy (non-hydrogen) atoms. The average molecular weight is 514 g/mol. The molecule has 4 heterocycles. The number of ketones is 1. The Kier molecular flexibility index (Phi) is 5.17. The highest BCUT2D eigenvalue weighted by Gasteiger charge is 2.39. The third-order valence-corrected chi connectivity index (χ3v) is 6.90. The minimum absolute atomic E-state index is 0.0605. The van der Waals surface area contributed by atoms with E-state index >= 15 is 0 Å². The summed E-state index contributed by atoms with van der Waals surface area (Å²) in [7, 11) is 1.55. The summed E-state index contributed by atoms with van der Waals surface area (Å²) < 4.78 is 40.1. The third kappa shape index (κ3) is 3.61. The number of carbonyl (C=O) groups excluding carboxylic acids is 2. The maximum atomic E-state index is 13.4. The van der Waals surface area contributed by atoms with Crippen molar-refractivity contribution >= 4 is 17.8 Å². The molecule has 9 nitrogen and oxygen atoms in total. The smallest absolute Gasteiger partial charge is 0.312 e. The van der Waals surface area contributed by atoms with Crippen molar-refractivity contribution in [1.29, 1.82) is 0 Å². The largest absolute Gasteiger partial charge is 0.493 e. The summed E-state index contributed by atoms with van der Waals surface area (Å²) in [5.41, 5.74) is 2.52. The van der Waals surface area contributed by atoms with Gasteiger partial charge in [0.2, 0.25) is 11.5 Å². The second kappa shape index (κ2) is 8.72. The van der Waals surface area contributed by atoms with Crippen molar-refractivity contribution in [3.05, 3.63) is 70.5 Å². The summed E-state index contributed by atoms with van der Waals surface area (Å²) in [5.74, 6) is 2.65. The van der Waals surface area contributed by atoms with Gasteiger partial charge in [-0.2, -0.15) is 0 Å². The molecular formula is C29H22O9. The van der Waals surface area contributed by atoms with Gasteiger partial charge < -0.3 is 33.2 Å². The number of ether oxygens (including phenoxy) is 7. The normalized spacial score (nSPS) is 19.8. The molecule has 1 atom stereocenters. The SMILES string of the molecule is COc1cc(C2CC(=O)Oc3ccc4c(c32)O/C(=C\c2ccc3c(c2)OCCO3)C4=O)cc2c1OCCO2. The van der Waals surface area contributed by atoms with Crippen LogP contribution in [0.2, 0.25) is 0 Å². The van der Waals surface area contributed by atoms with E-state index in [0.717, 1.165) is 11.1 Å². The van der Waals surface area contributed by atoms with Crippen LogP contribution in [0.3, 0.4) is 0 Å². The Labute approximate surface area is 217 Å². The van der Waals surface area contributed by atoms with Crippen molar-refractivity contribution in [1.82, 2.24) is 0 Å². The van der Waals surface area contributed by atoms with Crippen LogP contribution in [-0.2, 0) is 4.79 Å². The molecule has 4 aliphatic rings. The van der Waals surface area contributed by atoms with Crippen LogP contribution in [-0.4, -0.2) is 45.3 Å². The number of Topliss-reactive ketones (excluding diaryl/α,β-unsaturated/α-hetero) is 1. The summed E-state index contributed by atoms with van der Waals surface area (Å²) in [6.45, 7) is 1.79. The molecule has 0 aliphatic carbocycles. The monoisotopic (exact) mass is 514 g/mol. The van der Waals surface area contributed by atoms with Gasteiger partial charge in [-0.15, -0.1) is 0 Å². The molecule has 0 fully saturated rings. The van der Waals surface area contributed by atoms with Crippen molar-refractivity contribution in [3.8, 4) is 40.2 Å². The van der Waals surface area contributed by atoms with Gasteiger partial charge in [0, 0.05) is 11.5 Å². The summed E-state index contributed by atoms with van der Waals surface area (Å²) in [4.78, 5) is 26.0. The molecule has 3 aromatic rings. The molecule has 0 saturated carbocycles. The molecule has 9 heteroatoms. The van der Waals surface area contributed by atoms with Crippen molar-refractivity contribution in [3.63, 3.8) is 0 Å². The number of hydrogen-bond acceptors (Lipinski definition) is 9. The quantitative estimate of drug-likeness (QED) is 0.288. The predicted octanol–water partition coefficient (Wildman–Crippen LogP) is 4.29. The van der Waals surface area contributed by atoms with Gasteiger partial charge in [0.25, 0.3) is 0 Å². The zero-order valence-corrected chi connectivity index (χ0v) is 20.4. The van der Waals surface area contributed by atoms with Crippen molar-refractivity contribution in [2.75, 3.05) is 33.5 Å². The van der Waals surface area contributed by atoms with Gasteiger partial charge in [-0.05, 0) is 53.6 Å². The Morgan fingerprint density at radius 2 is 1.55 bits per heavy atom. The molecule has 0 N–H and O–H groups in total. The number of allylic oxidation sites excluding steroid dienone is 1. The standard InChI is InChI=1S/C29H22O9/c1-32-23-12-16(13-24-29(23)36-9-8-35-24)18-14-25(30)37-20-5-3-17-27(31)22(38-28(17)26(18)20)11-15-2-4-19-21(10-15)34-7-6-33-19/h2-5,10-13,18H,6-9,14H2,1H3/b22-11-. The van der Waals surface area contributed by atoms with Gasteiger partial charge in [0.1, 0.15) is 37.9 Å². The first-order chi connectivity index (χ1) is 18.6. The van der Waals surface area contributed by atoms with Crippen molar-refractivity contribution in [2.24, 2.45) is 0 Å². The Morgan fingerprint density at radius 3 is 2.39 bits per heavy atom. The second-order valence-corrected chi connectivity index (χ2v) is 9.18. The number of methoxy groups -OCH3 is 1. The fourth-order valence-electron chi connectivity index (χ4n) is 5.19. The lowest BCUT2D eigenvalue weighted by atomic mass is 9.84. The van der Waals surface area contributed by atoms with Crippen molar-refractivity contribution < 1.29 is 42.7 Å². The molecular weight excluding hydrogens is 492 g/mol. The van der Waals surface area contributed by atoms with Crippen LogP contribution in [0.15, 0.2) is 48.2 Å². The topological polar surface area (TPSA) is 98.8 Å². The Morgan fingerprint density at radius 1 is 0.789 bits per heavy atom. The van der Waals surface area contributed by atoms with E-state index in [9.17, 15) is 9.59 Å². The van der Waals surface area contributed by atoms with Gasteiger partial charge in [-0.1, -0.05) is 6.07 Å². The second-order valence-electron chi connectivity index (χ2n) is 9.18. The molecule has 0 amide bonds. The lowest BCUT2D eigenvalue weighted by Crippen LogP contribution is -2.22. The first-order valence-electron chi connectivity index (χ1n) is 12.3. The lowest BCUT2D eigenvalue weighted by Gasteiger charge is -2.28. The van der Waals surface area contributed by atoms with Crippen LogP contribution < -0.4 is 33.2 Å². The van der Waals surface area contributed by atoms with E-state index in [4.69, 9.17) is 33.2 Å². The van der Waals surface area contributed by atoms with E-state index in [1.165, 1.54) is 0 Å².